The van der Waals surface area contributed by atoms with Gasteiger partial charge in [0, 0.05) is 23.9 Å². The first kappa shape index (κ1) is 37.4. The summed E-state index contributed by atoms with van der Waals surface area (Å²) in [5.41, 5.74) is -1.05. The molecule has 8 nitrogen and oxygen atoms in total. The molecule has 0 spiro atoms. The van der Waals surface area contributed by atoms with Gasteiger partial charge in [0.1, 0.15) is 11.2 Å². The van der Waals surface area contributed by atoms with Crippen LogP contribution in [0.4, 0.5) is 0 Å². The second-order valence-corrected chi connectivity index (χ2v) is 18.1. The summed E-state index contributed by atoms with van der Waals surface area (Å²) in [6.07, 6.45) is 15.2. The number of nitrogens with one attached hydrogen (secondary N) is 2. The number of rotatable bonds is 8. The molecular weight excluding hydrogens is 627 g/mol. The van der Waals surface area contributed by atoms with Crippen molar-refractivity contribution in [2.75, 3.05) is 13.1 Å². The number of amides is 1. The second-order valence-electron chi connectivity index (χ2n) is 17.5. The zero-order chi connectivity index (χ0) is 33.9. The van der Waals surface area contributed by atoms with Crippen LogP contribution in [0.2, 0.25) is 0 Å². The fraction of sp³-hybridized carbons (Fsp3) is 0.889. The lowest BCUT2D eigenvalue weighted by atomic mass is 9.49. The smallest absolute Gasteiger partial charge is 0.308 e. The van der Waals surface area contributed by atoms with Gasteiger partial charge >= 0.3 is 11.9 Å². The molecule has 10 heteroatoms. The molecule has 8 bridgehead atoms. The maximum atomic E-state index is 12.7. The van der Waals surface area contributed by atoms with Crippen LogP contribution in [0.15, 0.2) is 0 Å². The SMILES string of the molecule is CC(C)(C)OC(=O)CCNC(=O)C12CC3CC(CC(C3)C1)C2.CC(C)(C)OC(=O)CCNCl.O=C(Cl)C12CC3CC(CC(C3)C1)C2. The van der Waals surface area contributed by atoms with Gasteiger partial charge in [-0.25, -0.2) is 4.84 Å². The van der Waals surface area contributed by atoms with Crippen LogP contribution in [0.25, 0.3) is 0 Å². The predicted octanol–water partition coefficient (Wildman–Crippen LogP) is 7.48. The molecule has 2 N–H and O–H groups in total. The molecule has 0 aromatic rings. The highest BCUT2D eigenvalue weighted by atomic mass is 35.5. The van der Waals surface area contributed by atoms with Gasteiger partial charge in [-0.1, -0.05) is 0 Å². The van der Waals surface area contributed by atoms with Crippen LogP contribution in [-0.4, -0.2) is 47.4 Å². The number of carbonyl (C=O) groups is 4. The van der Waals surface area contributed by atoms with Crippen LogP contribution in [0, 0.1) is 46.3 Å². The number of ether oxygens (including phenoxy) is 2. The molecule has 262 valence electrons. The summed E-state index contributed by atoms with van der Waals surface area (Å²) in [7, 11) is 0. The van der Waals surface area contributed by atoms with Crippen molar-refractivity contribution in [2.45, 2.75) is 143 Å². The highest BCUT2D eigenvalue weighted by molar-refractivity contribution is 6.64. The highest BCUT2D eigenvalue weighted by Gasteiger charge is 2.55. The molecule has 0 radical (unpaired) electrons. The van der Waals surface area contributed by atoms with Gasteiger partial charge in [0.15, 0.2) is 0 Å². The van der Waals surface area contributed by atoms with Crippen LogP contribution in [0.5, 0.6) is 0 Å². The van der Waals surface area contributed by atoms with E-state index in [1.807, 2.05) is 41.5 Å². The Bertz CT molecular complexity index is 1040. The molecule has 0 heterocycles. The Morgan fingerprint density at radius 3 is 1.24 bits per heavy atom. The highest BCUT2D eigenvalue weighted by Crippen LogP contribution is 2.61. The molecule has 0 atom stereocenters. The summed E-state index contributed by atoms with van der Waals surface area (Å²) in [6, 6.07) is 0. The van der Waals surface area contributed by atoms with E-state index in [1.54, 1.807) is 0 Å². The van der Waals surface area contributed by atoms with Crippen molar-refractivity contribution < 1.29 is 28.7 Å². The van der Waals surface area contributed by atoms with Gasteiger partial charge in [0.25, 0.3) is 0 Å². The van der Waals surface area contributed by atoms with Gasteiger partial charge in [-0.3, -0.25) is 19.2 Å². The fourth-order valence-electron chi connectivity index (χ4n) is 10.1. The van der Waals surface area contributed by atoms with Gasteiger partial charge in [0.05, 0.1) is 12.8 Å². The quantitative estimate of drug-likeness (QED) is 0.155. The first-order valence-corrected chi connectivity index (χ1v) is 18.4. The van der Waals surface area contributed by atoms with Crippen molar-refractivity contribution in [1.29, 1.82) is 0 Å². The van der Waals surface area contributed by atoms with E-state index in [-0.39, 0.29) is 40.3 Å². The minimum Gasteiger partial charge on any atom is -0.460 e. The number of hydrogen-bond acceptors (Lipinski definition) is 7. The van der Waals surface area contributed by atoms with Gasteiger partial charge in [-0.15, -0.1) is 0 Å². The summed E-state index contributed by atoms with van der Waals surface area (Å²) in [5, 5.41) is 2.98. The first-order chi connectivity index (χ1) is 21.4. The van der Waals surface area contributed by atoms with E-state index in [9.17, 15) is 19.2 Å². The number of carbonyl (C=O) groups excluding carboxylic acids is 4. The van der Waals surface area contributed by atoms with E-state index in [1.165, 1.54) is 38.5 Å². The summed E-state index contributed by atoms with van der Waals surface area (Å²) in [5.74, 6) is 4.50. The summed E-state index contributed by atoms with van der Waals surface area (Å²) in [4.78, 5) is 49.1. The lowest BCUT2D eigenvalue weighted by Gasteiger charge is -2.55. The Morgan fingerprint density at radius 1 is 0.609 bits per heavy atom. The Balaban J connectivity index is 0.000000171. The van der Waals surface area contributed by atoms with Crippen LogP contribution >= 0.6 is 23.4 Å². The molecular formula is C36H58Cl2N2O6. The molecule has 1 amide bonds. The number of esters is 2. The van der Waals surface area contributed by atoms with E-state index in [2.05, 4.69) is 10.2 Å². The van der Waals surface area contributed by atoms with Crippen LogP contribution in [-0.2, 0) is 28.7 Å². The van der Waals surface area contributed by atoms with Crippen molar-refractivity contribution in [1.82, 2.24) is 10.2 Å². The van der Waals surface area contributed by atoms with Crippen molar-refractivity contribution in [3.05, 3.63) is 0 Å². The van der Waals surface area contributed by atoms with Gasteiger partial charge < -0.3 is 14.8 Å². The molecule has 8 aliphatic carbocycles. The molecule has 8 saturated carbocycles. The molecule has 8 aliphatic rings. The van der Waals surface area contributed by atoms with Gasteiger partial charge in [-0.2, -0.15) is 0 Å². The second kappa shape index (κ2) is 15.0. The lowest BCUT2D eigenvalue weighted by molar-refractivity contribution is -0.156. The number of hydrogen-bond donors (Lipinski definition) is 2. The van der Waals surface area contributed by atoms with Gasteiger partial charge in [0.2, 0.25) is 11.1 Å². The minimum atomic E-state index is -0.457. The number of halogens is 2. The van der Waals surface area contributed by atoms with Crippen LogP contribution in [0.3, 0.4) is 0 Å². The topological polar surface area (TPSA) is 111 Å². The lowest BCUT2D eigenvalue weighted by Crippen LogP contribution is -2.53. The molecule has 0 aromatic carbocycles. The van der Waals surface area contributed by atoms with E-state index in [0.29, 0.717) is 19.5 Å². The predicted molar refractivity (Wildman–Crippen MR) is 180 cm³/mol. The third kappa shape index (κ3) is 10.3. The van der Waals surface area contributed by atoms with Crippen molar-refractivity contribution >= 4 is 46.5 Å². The summed E-state index contributed by atoms with van der Waals surface area (Å²) < 4.78 is 10.3. The Labute approximate surface area is 286 Å². The van der Waals surface area contributed by atoms with Gasteiger partial charge in [-0.05, 0) is 177 Å². The fourth-order valence-corrected chi connectivity index (χ4v) is 10.5. The Hall–Kier alpha value is -1.38. The maximum Gasteiger partial charge on any atom is 0.308 e. The molecule has 8 rings (SSSR count). The van der Waals surface area contributed by atoms with Crippen molar-refractivity contribution in [2.24, 2.45) is 46.3 Å². The maximum absolute atomic E-state index is 12.7. The third-order valence-corrected chi connectivity index (χ3v) is 11.4. The Kier molecular flexibility index (Phi) is 12.2. The van der Waals surface area contributed by atoms with Crippen LogP contribution < -0.4 is 10.2 Å². The molecule has 46 heavy (non-hydrogen) atoms. The zero-order valence-corrected chi connectivity index (χ0v) is 30.5. The van der Waals surface area contributed by atoms with Crippen molar-refractivity contribution in [3.8, 4) is 0 Å². The standard InChI is InChI=1S/C18H29NO3.C11H15ClO.C7H14ClNO2/c1-17(2,3)22-15(20)4-5-19-16(21)18-9-12-6-13(10-18)8-14(7-12)11-18;12-10(13)11-4-7-1-8(5-11)3-9(2-7)6-11;1-7(2,3)11-6(10)4-5-9-8/h12-14H,4-11H2,1-3H3,(H,19,21);7-9H,1-6H2;9H,4-5H2,1-3H3. The normalized spacial score (nSPS) is 34.9. The average Bonchev–Trinajstić information content (AvgIpc) is 2.89. The monoisotopic (exact) mass is 684 g/mol. The Morgan fingerprint density at radius 2 is 0.935 bits per heavy atom. The zero-order valence-electron chi connectivity index (χ0n) is 29.0. The van der Waals surface area contributed by atoms with E-state index in [4.69, 9.17) is 32.9 Å². The van der Waals surface area contributed by atoms with E-state index >= 15 is 0 Å². The van der Waals surface area contributed by atoms with E-state index in [0.717, 1.165) is 74.0 Å². The summed E-state index contributed by atoms with van der Waals surface area (Å²) >= 11 is 10.9. The minimum absolute atomic E-state index is 0.0356. The van der Waals surface area contributed by atoms with Crippen molar-refractivity contribution in [3.63, 3.8) is 0 Å². The molecule has 0 aliphatic heterocycles. The average molecular weight is 686 g/mol. The van der Waals surface area contributed by atoms with Crippen LogP contribution in [0.1, 0.15) is 131 Å². The summed E-state index contributed by atoms with van der Waals surface area (Å²) in [6.45, 7) is 11.9. The molecule has 0 unspecified atom stereocenters. The molecule has 8 fully saturated rings. The molecule has 0 aromatic heterocycles. The molecule has 0 saturated heterocycles. The first-order valence-electron chi connectivity index (χ1n) is 17.6. The third-order valence-electron chi connectivity index (χ3n) is 10.9. The largest absolute Gasteiger partial charge is 0.460 e. The van der Waals surface area contributed by atoms with E-state index < -0.39 is 11.2 Å².